The zero-order valence-electron chi connectivity index (χ0n) is 7.19. The first-order chi connectivity index (χ1) is 6.56. The predicted octanol–water partition coefficient (Wildman–Crippen LogP) is 1.80. The molecule has 0 spiro atoms. The maximum Gasteiger partial charge on any atom is 0.150 e. The smallest absolute Gasteiger partial charge is 0.150 e. The molecule has 0 amide bonds. The van der Waals surface area contributed by atoms with Crippen LogP contribution in [0.5, 0.6) is 0 Å². The van der Waals surface area contributed by atoms with E-state index in [1.54, 1.807) is 0 Å². The van der Waals surface area contributed by atoms with Gasteiger partial charge in [0.1, 0.15) is 11.6 Å². The number of carbonyl (C=O) groups excluding carboxylic acids is 1. The lowest BCUT2D eigenvalue weighted by Gasteiger charge is -2.04. The largest absolute Gasteiger partial charge is 0.324 e. The van der Waals surface area contributed by atoms with E-state index < -0.39 is 17.4 Å². The van der Waals surface area contributed by atoms with Crippen LogP contribution >= 0.6 is 15.9 Å². The van der Waals surface area contributed by atoms with Gasteiger partial charge in [-0.05, 0) is 28.1 Å². The van der Waals surface area contributed by atoms with E-state index in [4.69, 9.17) is 5.73 Å². The molecule has 0 fully saturated rings. The van der Waals surface area contributed by atoms with E-state index in [9.17, 15) is 13.6 Å². The van der Waals surface area contributed by atoms with E-state index in [2.05, 4.69) is 15.9 Å². The second kappa shape index (κ2) is 4.61. The van der Waals surface area contributed by atoms with Crippen LogP contribution in [-0.2, 0) is 11.2 Å². The van der Waals surface area contributed by atoms with E-state index in [0.29, 0.717) is 0 Å². The fourth-order valence-electron chi connectivity index (χ4n) is 1.00. The molecule has 0 atom stereocenters. The van der Waals surface area contributed by atoms with Crippen molar-refractivity contribution in [3.05, 3.63) is 33.8 Å². The lowest BCUT2D eigenvalue weighted by molar-refractivity contribution is -0.117. The number of halogens is 3. The number of nitrogens with two attached hydrogens (primary N) is 1. The van der Waals surface area contributed by atoms with Gasteiger partial charge in [0, 0.05) is 12.0 Å². The highest BCUT2D eigenvalue weighted by Gasteiger charge is 2.14. The number of rotatable bonds is 3. The first-order valence-corrected chi connectivity index (χ1v) is 4.69. The summed E-state index contributed by atoms with van der Waals surface area (Å²) in [6, 6.07) is 2.35. The summed E-state index contributed by atoms with van der Waals surface area (Å²) in [6.45, 7) is -0.217. The molecule has 76 valence electrons. The van der Waals surface area contributed by atoms with Crippen molar-refractivity contribution in [1.29, 1.82) is 0 Å². The molecule has 5 heteroatoms. The fraction of sp³-hybridized carbons (Fsp3) is 0.222. The van der Waals surface area contributed by atoms with Crippen LogP contribution in [0.2, 0.25) is 0 Å². The molecule has 2 nitrogen and oxygen atoms in total. The first-order valence-electron chi connectivity index (χ1n) is 3.90. The highest BCUT2D eigenvalue weighted by Crippen LogP contribution is 2.21. The lowest BCUT2D eigenvalue weighted by atomic mass is 10.1. The van der Waals surface area contributed by atoms with Crippen molar-refractivity contribution >= 4 is 21.7 Å². The topological polar surface area (TPSA) is 43.1 Å². The molecule has 1 rings (SSSR count). The van der Waals surface area contributed by atoms with Gasteiger partial charge >= 0.3 is 0 Å². The molecule has 1 aromatic carbocycles. The molecule has 0 heterocycles. The van der Waals surface area contributed by atoms with E-state index in [-0.39, 0.29) is 23.0 Å². The monoisotopic (exact) mass is 263 g/mol. The summed E-state index contributed by atoms with van der Waals surface area (Å²) in [6.07, 6.45) is -0.312. The molecule has 0 aliphatic heterocycles. The van der Waals surface area contributed by atoms with Crippen LogP contribution in [0.1, 0.15) is 5.56 Å². The summed E-state index contributed by atoms with van der Waals surface area (Å²) in [5, 5.41) is 0. The van der Waals surface area contributed by atoms with Crippen molar-refractivity contribution in [3.8, 4) is 0 Å². The summed E-state index contributed by atoms with van der Waals surface area (Å²) < 4.78 is 26.5. The van der Waals surface area contributed by atoms with Crippen LogP contribution < -0.4 is 5.73 Å². The molecule has 0 bridgehead atoms. The second-order valence-electron chi connectivity index (χ2n) is 2.74. The standard InChI is InChI=1S/C9H8BrF2NO/c10-7-1-2-8(11)6(9(7)12)3-5(14)4-13/h1-2H,3-4,13H2. The number of hydrogen-bond acceptors (Lipinski definition) is 2. The van der Waals surface area contributed by atoms with E-state index >= 15 is 0 Å². The number of carbonyl (C=O) groups is 1. The third-order valence-electron chi connectivity index (χ3n) is 1.74. The zero-order valence-corrected chi connectivity index (χ0v) is 8.77. The molecule has 2 N–H and O–H groups in total. The van der Waals surface area contributed by atoms with Gasteiger partial charge in [-0.2, -0.15) is 0 Å². The first kappa shape index (κ1) is 11.3. The molecule has 0 saturated heterocycles. The molecule has 0 aromatic heterocycles. The van der Waals surface area contributed by atoms with Gasteiger partial charge in [-0.3, -0.25) is 4.79 Å². The van der Waals surface area contributed by atoms with Crippen molar-refractivity contribution in [3.63, 3.8) is 0 Å². The molecular weight excluding hydrogens is 256 g/mol. The Bertz CT molecular complexity index is 368. The van der Waals surface area contributed by atoms with Gasteiger partial charge in [-0.25, -0.2) is 8.78 Å². The van der Waals surface area contributed by atoms with Gasteiger partial charge in [-0.1, -0.05) is 0 Å². The molecular formula is C9H8BrF2NO. The van der Waals surface area contributed by atoms with Crippen molar-refractivity contribution in [2.24, 2.45) is 5.73 Å². The van der Waals surface area contributed by atoms with E-state index in [0.717, 1.165) is 6.07 Å². The maximum absolute atomic E-state index is 13.3. The van der Waals surface area contributed by atoms with Gasteiger partial charge in [-0.15, -0.1) is 0 Å². The molecule has 0 radical (unpaired) electrons. The Hall–Kier alpha value is -0.810. The van der Waals surface area contributed by atoms with Gasteiger partial charge in [0.05, 0.1) is 11.0 Å². The van der Waals surface area contributed by atoms with Crippen LogP contribution in [0.15, 0.2) is 16.6 Å². The lowest BCUT2D eigenvalue weighted by Crippen LogP contribution is -2.17. The number of hydrogen-bond donors (Lipinski definition) is 1. The Morgan fingerprint density at radius 3 is 2.64 bits per heavy atom. The Balaban J connectivity index is 3.06. The second-order valence-corrected chi connectivity index (χ2v) is 3.60. The summed E-state index contributed by atoms with van der Waals surface area (Å²) in [7, 11) is 0. The Morgan fingerprint density at radius 1 is 1.43 bits per heavy atom. The fourth-order valence-corrected chi connectivity index (χ4v) is 1.37. The molecule has 0 aliphatic carbocycles. The summed E-state index contributed by atoms with van der Waals surface area (Å²) in [5.41, 5.74) is 4.81. The predicted molar refractivity (Wildman–Crippen MR) is 51.8 cm³/mol. The molecule has 0 saturated carbocycles. The quantitative estimate of drug-likeness (QED) is 0.846. The number of Topliss-reactive ketones (excluding diaryl/α,β-unsaturated/α-hetero) is 1. The van der Waals surface area contributed by atoms with Gasteiger partial charge in [0.25, 0.3) is 0 Å². The van der Waals surface area contributed by atoms with Gasteiger partial charge in [0.15, 0.2) is 5.78 Å². The SMILES string of the molecule is NCC(=O)Cc1c(F)ccc(Br)c1F. The molecule has 0 unspecified atom stereocenters. The van der Waals surface area contributed by atoms with E-state index in [1.807, 2.05) is 0 Å². The van der Waals surface area contributed by atoms with Crippen LogP contribution in [0.25, 0.3) is 0 Å². The van der Waals surface area contributed by atoms with Crippen LogP contribution in [-0.4, -0.2) is 12.3 Å². The molecule has 14 heavy (non-hydrogen) atoms. The van der Waals surface area contributed by atoms with Crippen molar-refractivity contribution in [1.82, 2.24) is 0 Å². The Kier molecular flexibility index (Phi) is 3.71. The molecule has 0 aliphatic rings. The average Bonchev–Trinajstić information content (AvgIpc) is 2.18. The summed E-state index contributed by atoms with van der Waals surface area (Å²) in [4.78, 5) is 10.9. The van der Waals surface area contributed by atoms with Crippen molar-refractivity contribution < 1.29 is 13.6 Å². The normalized spacial score (nSPS) is 10.3. The Morgan fingerprint density at radius 2 is 2.07 bits per heavy atom. The summed E-state index contributed by atoms with van der Waals surface area (Å²) in [5.74, 6) is -1.87. The Labute approximate surface area is 88.2 Å². The highest BCUT2D eigenvalue weighted by molar-refractivity contribution is 9.10. The third-order valence-corrected chi connectivity index (χ3v) is 2.35. The number of ketones is 1. The van der Waals surface area contributed by atoms with Crippen LogP contribution in [0.4, 0.5) is 8.78 Å². The zero-order chi connectivity index (χ0) is 10.7. The maximum atomic E-state index is 13.3. The molecule has 1 aromatic rings. The number of benzene rings is 1. The van der Waals surface area contributed by atoms with Crippen molar-refractivity contribution in [2.75, 3.05) is 6.54 Å². The minimum absolute atomic E-state index is 0.138. The van der Waals surface area contributed by atoms with Crippen LogP contribution in [0.3, 0.4) is 0 Å². The van der Waals surface area contributed by atoms with Crippen molar-refractivity contribution in [2.45, 2.75) is 6.42 Å². The summed E-state index contributed by atoms with van der Waals surface area (Å²) >= 11 is 2.91. The highest BCUT2D eigenvalue weighted by atomic mass is 79.9. The van der Waals surface area contributed by atoms with Gasteiger partial charge in [0.2, 0.25) is 0 Å². The minimum Gasteiger partial charge on any atom is -0.324 e. The third kappa shape index (κ3) is 2.36. The minimum atomic E-state index is -0.744. The van der Waals surface area contributed by atoms with Gasteiger partial charge < -0.3 is 5.73 Å². The van der Waals surface area contributed by atoms with E-state index in [1.165, 1.54) is 6.07 Å². The van der Waals surface area contributed by atoms with Crippen LogP contribution in [0, 0.1) is 11.6 Å². The average molecular weight is 264 g/mol.